The van der Waals surface area contributed by atoms with Gasteiger partial charge in [-0.25, -0.2) is 13.8 Å². The fraction of sp³-hybridized carbons (Fsp3) is 0. The minimum atomic E-state index is -0.922. The topological polar surface area (TPSA) is 77.8 Å². The average Bonchev–Trinajstić information content (AvgIpc) is 2.41. The average molecular weight is 272 g/mol. The number of fused-ring (bicyclic) bond motifs is 1. The third-order valence-electron chi connectivity index (χ3n) is 3.00. The molecule has 3 rings (SSSR count). The van der Waals surface area contributed by atoms with Gasteiger partial charge < -0.3 is 11.5 Å². The van der Waals surface area contributed by atoms with Crippen LogP contribution in [0.3, 0.4) is 0 Å². The van der Waals surface area contributed by atoms with Gasteiger partial charge in [-0.3, -0.25) is 0 Å². The molecule has 0 spiro atoms. The molecule has 0 aliphatic heterocycles. The molecular weight excluding hydrogens is 262 g/mol. The number of nitrogens with zero attached hydrogens (tertiary/aromatic N) is 2. The van der Waals surface area contributed by atoms with Gasteiger partial charge in [0.2, 0.25) is 5.95 Å². The Morgan fingerprint density at radius 3 is 2.45 bits per heavy atom. The SMILES string of the molecule is Nc1nc(N)c2c(-c3ccc(F)c(F)c3)cccc2n1. The fourth-order valence-electron chi connectivity index (χ4n) is 2.13. The number of hydrogen-bond donors (Lipinski definition) is 2. The van der Waals surface area contributed by atoms with Gasteiger partial charge in [-0.2, -0.15) is 4.98 Å². The van der Waals surface area contributed by atoms with E-state index >= 15 is 0 Å². The number of hydrogen-bond acceptors (Lipinski definition) is 4. The lowest BCUT2D eigenvalue weighted by Crippen LogP contribution is -2.01. The van der Waals surface area contributed by atoms with E-state index in [-0.39, 0.29) is 11.8 Å². The van der Waals surface area contributed by atoms with Crippen molar-refractivity contribution >= 4 is 22.7 Å². The van der Waals surface area contributed by atoms with Crippen molar-refractivity contribution < 1.29 is 8.78 Å². The molecule has 0 aliphatic carbocycles. The maximum atomic E-state index is 13.4. The van der Waals surface area contributed by atoms with Crippen molar-refractivity contribution in [1.29, 1.82) is 0 Å². The van der Waals surface area contributed by atoms with Gasteiger partial charge in [-0.1, -0.05) is 18.2 Å². The van der Waals surface area contributed by atoms with Gasteiger partial charge in [0.1, 0.15) is 5.82 Å². The maximum absolute atomic E-state index is 13.4. The van der Waals surface area contributed by atoms with Crippen molar-refractivity contribution in [2.45, 2.75) is 0 Å². The van der Waals surface area contributed by atoms with Crippen LogP contribution in [-0.4, -0.2) is 9.97 Å². The summed E-state index contributed by atoms with van der Waals surface area (Å²) in [6.07, 6.45) is 0. The zero-order chi connectivity index (χ0) is 14.3. The summed E-state index contributed by atoms with van der Waals surface area (Å²) in [5.74, 6) is -1.55. The summed E-state index contributed by atoms with van der Waals surface area (Å²) in [5, 5.41) is 0.563. The number of nitrogen functional groups attached to an aromatic ring is 2. The van der Waals surface area contributed by atoms with Crippen molar-refractivity contribution in [1.82, 2.24) is 9.97 Å². The Bertz CT molecular complexity index is 818. The van der Waals surface area contributed by atoms with Crippen molar-refractivity contribution in [2.24, 2.45) is 0 Å². The van der Waals surface area contributed by atoms with E-state index in [2.05, 4.69) is 9.97 Å². The van der Waals surface area contributed by atoms with Crippen molar-refractivity contribution in [3.8, 4) is 11.1 Å². The first-order valence-electron chi connectivity index (χ1n) is 5.83. The normalized spacial score (nSPS) is 10.9. The largest absolute Gasteiger partial charge is 0.383 e. The van der Waals surface area contributed by atoms with Crippen LogP contribution >= 0.6 is 0 Å². The lowest BCUT2D eigenvalue weighted by molar-refractivity contribution is 0.509. The Morgan fingerprint density at radius 2 is 1.70 bits per heavy atom. The predicted octanol–water partition coefficient (Wildman–Crippen LogP) is 2.74. The van der Waals surface area contributed by atoms with Crippen LogP contribution in [0, 0.1) is 11.6 Å². The molecule has 0 atom stereocenters. The van der Waals surface area contributed by atoms with Crippen LogP contribution in [0.5, 0.6) is 0 Å². The molecule has 0 amide bonds. The highest BCUT2D eigenvalue weighted by Crippen LogP contribution is 2.31. The van der Waals surface area contributed by atoms with E-state index in [1.54, 1.807) is 18.2 Å². The van der Waals surface area contributed by atoms with Gasteiger partial charge >= 0.3 is 0 Å². The molecule has 0 aliphatic rings. The number of halogens is 2. The number of benzene rings is 2. The minimum absolute atomic E-state index is 0.0671. The standard InChI is InChI=1S/C14H10F2N4/c15-9-5-4-7(6-10(9)16)8-2-1-3-11-12(8)13(17)20-14(18)19-11/h1-6H,(H4,17,18,19,20). The molecule has 0 saturated heterocycles. The lowest BCUT2D eigenvalue weighted by atomic mass is 10.0. The zero-order valence-corrected chi connectivity index (χ0v) is 10.3. The zero-order valence-electron chi connectivity index (χ0n) is 10.3. The molecule has 2 aromatic carbocycles. The first-order chi connectivity index (χ1) is 9.56. The van der Waals surface area contributed by atoms with Gasteiger partial charge in [-0.05, 0) is 29.3 Å². The molecule has 4 N–H and O–H groups in total. The van der Waals surface area contributed by atoms with Gasteiger partial charge in [0.05, 0.1) is 10.9 Å². The Morgan fingerprint density at radius 1 is 0.900 bits per heavy atom. The van der Waals surface area contributed by atoms with Crippen LogP contribution in [0.25, 0.3) is 22.0 Å². The van der Waals surface area contributed by atoms with Crippen LogP contribution in [0.2, 0.25) is 0 Å². The molecule has 3 aromatic rings. The second-order valence-corrected chi connectivity index (χ2v) is 4.30. The van der Waals surface area contributed by atoms with E-state index in [1.807, 2.05) is 0 Å². The van der Waals surface area contributed by atoms with Crippen LogP contribution in [0.4, 0.5) is 20.5 Å². The van der Waals surface area contributed by atoms with E-state index in [0.29, 0.717) is 22.0 Å². The van der Waals surface area contributed by atoms with Crippen LogP contribution < -0.4 is 11.5 Å². The summed E-state index contributed by atoms with van der Waals surface area (Å²) in [6, 6.07) is 8.86. The maximum Gasteiger partial charge on any atom is 0.222 e. The monoisotopic (exact) mass is 272 g/mol. The smallest absolute Gasteiger partial charge is 0.222 e. The molecule has 100 valence electrons. The lowest BCUT2D eigenvalue weighted by Gasteiger charge is -2.09. The molecule has 0 saturated carbocycles. The molecule has 20 heavy (non-hydrogen) atoms. The van der Waals surface area contributed by atoms with Crippen LogP contribution in [0.15, 0.2) is 36.4 Å². The summed E-state index contributed by atoms with van der Waals surface area (Å²) in [4.78, 5) is 7.99. The van der Waals surface area contributed by atoms with Crippen molar-refractivity contribution in [3.05, 3.63) is 48.0 Å². The molecule has 1 aromatic heterocycles. The highest BCUT2D eigenvalue weighted by Gasteiger charge is 2.11. The highest BCUT2D eigenvalue weighted by atomic mass is 19.2. The molecule has 6 heteroatoms. The van der Waals surface area contributed by atoms with E-state index in [0.717, 1.165) is 12.1 Å². The second-order valence-electron chi connectivity index (χ2n) is 4.30. The number of aromatic nitrogens is 2. The quantitative estimate of drug-likeness (QED) is 0.714. The molecule has 4 nitrogen and oxygen atoms in total. The Hall–Kier alpha value is -2.76. The van der Waals surface area contributed by atoms with Crippen molar-refractivity contribution in [2.75, 3.05) is 11.5 Å². The third kappa shape index (κ3) is 1.91. The summed E-state index contributed by atoms with van der Waals surface area (Å²) >= 11 is 0. The Kier molecular flexibility index (Phi) is 2.71. The highest BCUT2D eigenvalue weighted by molar-refractivity contribution is 6.01. The van der Waals surface area contributed by atoms with E-state index in [9.17, 15) is 8.78 Å². The summed E-state index contributed by atoms with van der Waals surface area (Å²) in [7, 11) is 0. The van der Waals surface area contributed by atoms with Crippen LogP contribution in [-0.2, 0) is 0 Å². The van der Waals surface area contributed by atoms with Crippen LogP contribution in [0.1, 0.15) is 0 Å². The van der Waals surface area contributed by atoms with Crippen molar-refractivity contribution in [3.63, 3.8) is 0 Å². The summed E-state index contributed by atoms with van der Waals surface area (Å²) in [5.41, 5.74) is 13.1. The van der Waals surface area contributed by atoms with Gasteiger partial charge in [-0.15, -0.1) is 0 Å². The van der Waals surface area contributed by atoms with Gasteiger partial charge in [0.25, 0.3) is 0 Å². The minimum Gasteiger partial charge on any atom is -0.383 e. The van der Waals surface area contributed by atoms with E-state index < -0.39 is 11.6 Å². The molecule has 0 fully saturated rings. The number of anilines is 2. The molecule has 0 unspecified atom stereocenters. The first-order valence-corrected chi connectivity index (χ1v) is 5.83. The third-order valence-corrected chi connectivity index (χ3v) is 3.00. The molecule has 1 heterocycles. The second kappa shape index (κ2) is 4.41. The fourth-order valence-corrected chi connectivity index (χ4v) is 2.13. The van der Waals surface area contributed by atoms with E-state index in [4.69, 9.17) is 11.5 Å². The number of nitrogens with two attached hydrogens (primary N) is 2. The first kappa shape index (κ1) is 12.3. The number of rotatable bonds is 1. The summed E-state index contributed by atoms with van der Waals surface area (Å²) in [6.45, 7) is 0. The molecular formula is C14H10F2N4. The Balaban J connectivity index is 2.33. The van der Waals surface area contributed by atoms with E-state index in [1.165, 1.54) is 6.07 Å². The Labute approximate surface area is 113 Å². The molecule has 0 bridgehead atoms. The summed E-state index contributed by atoms with van der Waals surface area (Å²) < 4.78 is 26.4. The van der Waals surface area contributed by atoms with Gasteiger partial charge in [0, 0.05) is 0 Å². The molecule has 0 radical (unpaired) electrons. The predicted molar refractivity (Wildman–Crippen MR) is 73.7 cm³/mol. The van der Waals surface area contributed by atoms with Gasteiger partial charge in [0.15, 0.2) is 11.6 Å².